The number of hydrogen-bond acceptors (Lipinski definition) is 10. The highest BCUT2D eigenvalue weighted by Gasteiger charge is 2.44. The highest BCUT2D eigenvalue weighted by atomic mass is 19.1. The number of ether oxygens (including phenoxy) is 2. The van der Waals surface area contributed by atoms with Crippen molar-refractivity contribution in [2.75, 3.05) is 50.2 Å². The molecule has 4 atom stereocenters. The van der Waals surface area contributed by atoms with Crippen LogP contribution in [-0.2, 0) is 55.7 Å². The Balaban J connectivity index is 0.812. The van der Waals surface area contributed by atoms with Crippen molar-refractivity contribution in [3.63, 3.8) is 0 Å². The molecule has 2 aliphatic heterocycles. The second-order valence-electron chi connectivity index (χ2n) is 22.9. The standard InChI is InChI=1S/C64H76F2N8O8/c1-39(67-7)57(75)69-51(61(79)73-37-63(3,4)55-53(73)35-45(59(77)71-55)31-41-13-21-47(65)22-14-41)33-43-17-25-49(26-18-43)81-29-11-9-10-12-30-82-50-27-19-44(20-28-50)34-52(70-58(76)40(2)68-8)62(80)74-38-64(5,6)56-54(74)36-46(60(78)72-56)32-42-15-23-48(66)24-16-42/h13-28,35-36,39-40,51-52,67-68H,9-12,29-34,37-38H2,1-8H3,(H,69,75)(H,70,76)(H,71,77)(H,72,78)/t39-,40-,51-,52-/m0/s1. The molecule has 434 valence electrons. The van der Waals surface area contributed by atoms with Crippen molar-refractivity contribution in [3.8, 4) is 11.5 Å². The monoisotopic (exact) mass is 1120 g/mol. The summed E-state index contributed by atoms with van der Waals surface area (Å²) in [6.07, 6.45) is 4.42. The maximum absolute atomic E-state index is 14.6. The van der Waals surface area contributed by atoms with Gasteiger partial charge < -0.3 is 50.5 Å². The van der Waals surface area contributed by atoms with Crippen LogP contribution >= 0.6 is 0 Å². The van der Waals surface area contributed by atoms with Crippen LogP contribution in [0.5, 0.6) is 11.5 Å². The lowest BCUT2D eigenvalue weighted by atomic mass is 9.91. The van der Waals surface area contributed by atoms with Gasteiger partial charge in [0.05, 0.1) is 36.7 Å². The first kappa shape index (κ1) is 60.1. The van der Waals surface area contributed by atoms with Gasteiger partial charge in [0.25, 0.3) is 11.1 Å². The predicted octanol–water partition coefficient (Wildman–Crippen LogP) is 7.46. The Kier molecular flexibility index (Phi) is 19.3. The lowest BCUT2D eigenvalue weighted by Crippen LogP contribution is -2.53. The van der Waals surface area contributed by atoms with Crippen molar-refractivity contribution in [2.45, 2.75) is 128 Å². The summed E-state index contributed by atoms with van der Waals surface area (Å²) in [4.78, 5) is 91.6. The molecular weight excluding hydrogens is 1050 g/mol. The fourth-order valence-electron chi connectivity index (χ4n) is 10.5. The number of benzene rings is 4. The fourth-order valence-corrected chi connectivity index (χ4v) is 10.5. The van der Waals surface area contributed by atoms with Gasteiger partial charge in [-0.1, -0.05) is 76.2 Å². The van der Waals surface area contributed by atoms with E-state index in [0.717, 1.165) is 47.9 Å². The number of anilines is 2. The van der Waals surface area contributed by atoms with Gasteiger partial charge in [-0.25, -0.2) is 8.78 Å². The molecule has 8 rings (SSSR count). The first-order valence-electron chi connectivity index (χ1n) is 28.2. The number of aromatic nitrogens is 2. The van der Waals surface area contributed by atoms with Crippen molar-refractivity contribution in [1.82, 2.24) is 31.2 Å². The van der Waals surface area contributed by atoms with E-state index in [9.17, 15) is 37.5 Å². The number of carbonyl (C=O) groups is 4. The van der Waals surface area contributed by atoms with Crippen LogP contribution in [0.3, 0.4) is 0 Å². The molecule has 4 amide bonds. The van der Waals surface area contributed by atoms with E-state index in [0.29, 0.717) is 71.7 Å². The van der Waals surface area contributed by atoms with E-state index >= 15 is 0 Å². The molecule has 4 aromatic carbocycles. The van der Waals surface area contributed by atoms with Crippen molar-refractivity contribution >= 4 is 35.0 Å². The number of carbonyl (C=O) groups excluding carboxylic acids is 4. The van der Waals surface area contributed by atoms with Crippen LogP contribution in [0, 0.1) is 11.6 Å². The third-order valence-electron chi connectivity index (χ3n) is 15.6. The van der Waals surface area contributed by atoms with Gasteiger partial charge in [0, 0.05) is 72.1 Å². The molecule has 2 aromatic heterocycles. The molecule has 0 saturated carbocycles. The molecule has 0 spiro atoms. The number of halogens is 2. The van der Waals surface area contributed by atoms with Crippen LogP contribution in [0.4, 0.5) is 20.2 Å². The highest BCUT2D eigenvalue weighted by Crippen LogP contribution is 2.41. The smallest absolute Gasteiger partial charge is 0.251 e. The summed E-state index contributed by atoms with van der Waals surface area (Å²) in [5.74, 6) is -0.651. The highest BCUT2D eigenvalue weighted by molar-refractivity contribution is 6.03. The molecule has 0 bridgehead atoms. The Morgan fingerprint density at radius 2 is 0.878 bits per heavy atom. The molecule has 16 nitrogen and oxygen atoms in total. The van der Waals surface area contributed by atoms with Crippen LogP contribution in [-0.4, -0.2) is 98.2 Å². The van der Waals surface area contributed by atoms with Gasteiger partial charge in [-0.2, -0.15) is 0 Å². The molecule has 0 saturated heterocycles. The quantitative estimate of drug-likeness (QED) is 0.0312. The summed E-state index contributed by atoms with van der Waals surface area (Å²) in [5, 5.41) is 11.8. The molecule has 82 heavy (non-hydrogen) atoms. The van der Waals surface area contributed by atoms with Gasteiger partial charge in [-0.05, 0) is 137 Å². The Hall–Kier alpha value is -7.96. The number of H-pyrrole nitrogens is 2. The molecule has 0 unspecified atom stereocenters. The summed E-state index contributed by atoms with van der Waals surface area (Å²) in [5.41, 5.74) is 4.75. The molecule has 2 aliphatic rings. The maximum atomic E-state index is 14.6. The zero-order valence-corrected chi connectivity index (χ0v) is 48.1. The minimum Gasteiger partial charge on any atom is -0.494 e. The summed E-state index contributed by atoms with van der Waals surface area (Å²) in [6.45, 7) is 12.9. The van der Waals surface area contributed by atoms with Crippen molar-refractivity contribution in [1.29, 1.82) is 0 Å². The molecule has 0 fully saturated rings. The van der Waals surface area contributed by atoms with E-state index in [1.807, 2.05) is 76.2 Å². The zero-order chi connectivity index (χ0) is 58.9. The first-order valence-corrected chi connectivity index (χ1v) is 28.2. The average Bonchev–Trinajstić information content (AvgIpc) is 2.35. The normalized spacial score (nSPS) is 15.4. The average molecular weight is 1120 g/mol. The maximum Gasteiger partial charge on any atom is 0.251 e. The van der Waals surface area contributed by atoms with Gasteiger partial charge >= 0.3 is 0 Å². The number of likely N-dealkylation sites (N-methyl/N-ethyl adjacent to an activating group) is 2. The molecule has 4 heterocycles. The number of rotatable bonds is 25. The Morgan fingerprint density at radius 3 is 1.22 bits per heavy atom. The SMILES string of the molecule is CN[C@@H](C)C(=O)N[C@@H](Cc1ccc(OCCCCCCOc2ccc(C[C@H](NC(=O)[C@H](C)NC)C(=O)N3CC(C)(C)c4[nH]c(=O)c(Cc5ccc(F)cc5)cc43)cc2)cc1)C(=O)N1CC(C)(C)c2[nH]c(=O)c(Cc3ccc(F)cc3)cc21. The molecule has 0 aliphatic carbocycles. The second kappa shape index (κ2) is 26.3. The van der Waals surface area contributed by atoms with Gasteiger partial charge in [0.2, 0.25) is 23.6 Å². The summed E-state index contributed by atoms with van der Waals surface area (Å²) < 4.78 is 39.5. The molecule has 0 radical (unpaired) electrons. The van der Waals surface area contributed by atoms with Crippen LogP contribution in [0.2, 0.25) is 0 Å². The van der Waals surface area contributed by atoms with Gasteiger partial charge in [0.15, 0.2) is 0 Å². The van der Waals surface area contributed by atoms with Crippen molar-refractivity contribution in [3.05, 3.63) is 186 Å². The number of unbranched alkanes of at least 4 members (excludes halogenated alkanes) is 3. The van der Waals surface area contributed by atoms with E-state index in [1.165, 1.54) is 24.3 Å². The number of amides is 4. The lowest BCUT2D eigenvalue weighted by molar-refractivity contribution is -0.128. The molecular formula is C64H76F2N8O8. The largest absolute Gasteiger partial charge is 0.494 e. The lowest BCUT2D eigenvalue weighted by Gasteiger charge is -2.27. The van der Waals surface area contributed by atoms with Crippen LogP contribution in [0.15, 0.2) is 119 Å². The Bertz CT molecular complexity index is 3120. The van der Waals surface area contributed by atoms with Gasteiger partial charge in [-0.15, -0.1) is 0 Å². The van der Waals surface area contributed by atoms with E-state index < -0.39 is 35.0 Å². The zero-order valence-electron chi connectivity index (χ0n) is 48.1. The minimum atomic E-state index is -0.919. The third-order valence-corrected chi connectivity index (χ3v) is 15.6. The van der Waals surface area contributed by atoms with Crippen molar-refractivity contribution in [2.24, 2.45) is 0 Å². The Labute approximate surface area is 477 Å². The molecule has 18 heteroatoms. The number of nitrogens with zero attached hydrogens (tertiary/aromatic N) is 2. The number of hydrogen-bond donors (Lipinski definition) is 6. The first-order chi connectivity index (χ1) is 39.1. The number of fused-ring (bicyclic) bond motifs is 2. The second-order valence-corrected chi connectivity index (χ2v) is 22.9. The topological polar surface area (TPSA) is 207 Å². The minimum absolute atomic E-state index is 0.215. The summed E-state index contributed by atoms with van der Waals surface area (Å²) in [7, 11) is 3.35. The van der Waals surface area contributed by atoms with E-state index in [1.54, 1.807) is 74.1 Å². The van der Waals surface area contributed by atoms with E-state index in [2.05, 4.69) is 31.2 Å². The number of pyridine rings is 2. The van der Waals surface area contributed by atoms with Gasteiger partial charge in [0.1, 0.15) is 35.2 Å². The molecule has 6 N–H and O–H groups in total. The fraction of sp³-hybridized carbons (Fsp3) is 0.406. The number of nitrogens with one attached hydrogen (secondary N) is 6. The van der Waals surface area contributed by atoms with Crippen molar-refractivity contribution < 1.29 is 37.4 Å². The summed E-state index contributed by atoms with van der Waals surface area (Å²) >= 11 is 0. The predicted molar refractivity (Wildman–Crippen MR) is 314 cm³/mol. The Morgan fingerprint density at radius 1 is 0.537 bits per heavy atom. The van der Waals surface area contributed by atoms with Crippen LogP contribution < -0.4 is 51.7 Å². The summed E-state index contributed by atoms with van der Waals surface area (Å²) in [6, 6.07) is 27.5. The van der Waals surface area contributed by atoms with Crippen LogP contribution in [0.25, 0.3) is 0 Å². The molecule has 6 aromatic rings. The van der Waals surface area contributed by atoms with E-state index in [-0.39, 0.29) is 72.1 Å². The van der Waals surface area contributed by atoms with E-state index in [4.69, 9.17) is 9.47 Å². The third kappa shape index (κ3) is 14.7. The van der Waals surface area contributed by atoms with Crippen LogP contribution in [0.1, 0.15) is 112 Å². The van der Waals surface area contributed by atoms with Gasteiger partial charge in [-0.3, -0.25) is 28.8 Å². The number of aromatic amines is 2.